The number of amides is 2. The van der Waals surface area contributed by atoms with Crippen LogP contribution in [0.15, 0.2) is 16.6 Å². The molecular formula is C12H11BrF2N2O3. The van der Waals surface area contributed by atoms with Crippen molar-refractivity contribution in [3.63, 3.8) is 0 Å². The number of nitrogens with zero attached hydrogens (tertiary/aromatic N) is 1. The highest BCUT2D eigenvalue weighted by Gasteiger charge is 2.23. The van der Waals surface area contributed by atoms with E-state index in [1.807, 2.05) is 0 Å². The molecule has 0 aromatic heterocycles. The van der Waals surface area contributed by atoms with Crippen LogP contribution in [0.4, 0.5) is 14.5 Å². The zero-order chi connectivity index (χ0) is 14.9. The van der Waals surface area contributed by atoms with Crippen molar-refractivity contribution in [1.82, 2.24) is 4.90 Å². The number of fused-ring (bicyclic) bond motifs is 1. The lowest BCUT2D eigenvalue weighted by Gasteiger charge is -2.21. The van der Waals surface area contributed by atoms with Gasteiger partial charge in [-0.2, -0.15) is 0 Å². The molecule has 1 N–H and O–H groups in total. The van der Waals surface area contributed by atoms with Crippen molar-refractivity contribution < 1.29 is 23.1 Å². The van der Waals surface area contributed by atoms with Crippen molar-refractivity contribution in [2.45, 2.75) is 6.43 Å². The van der Waals surface area contributed by atoms with Crippen LogP contribution in [-0.2, 0) is 4.79 Å². The molecule has 2 amide bonds. The van der Waals surface area contributed by atoms with E-state index in [0.29, 0.717) is 15.9 Å². The largest absolute Gasteiger partial charge is 0.482 e. The number of anilines is 1. The Labute approximate surface area is 122 Å². The Kier molecular flexibility index (Phi) is 4.22. The topological polar surface area (TPSA) is 58.6 Å². The maximum Gasteiger partial charge on any atom is 0.262 e. The van der Waals surface area contributed by atoms with Gasteiger partial charge in [0.2, 0.25) is 0 Å². The fraction of sp³-hybridized carbons (Fsp3) is 0.333. The highest BCUT2D eigenvalue weighted by atomic mass is 79.9. The van der Waals surface area contributed by atoms with Crippen molar-refractivity contribution in [3.8, 4) is 5.75 Å². The quantitative estimate of drug-likeness (QED) is 0.910. The standard InChI is InChI=1S/C12H11BrF2N2O3/c1-17(4-10(14)15)12(19)6-2-9-8(3-7(6)13)16-11(18)5-20-9/h2-3,10H,4-5H2,1H3,(H,16,18). The molecule has 0 atom stereocenters. The Morgan fingerprint density at radius 3 is 2.90 bits per heavy atom. The molecule has 108 valence electrons. The van der Waals surface area contributed by atoms with Crippen molar-refractivity contribution in [2.75, 3.05) is 25.5 Å². The molecule has 2 rings (SSSR count). The normalized spacial score (nSPS) is 13.6. The van der Waals surface area contributed by atoms with Crippen LogP contribution in [0.2, 0.25) is 0 Å². The van der Waals surface area contributed by atoms with Gasteiger partial charge >= 0.3 is 0 Å². The fourth-order valence-electron chi connectivity index (χ4n) is 1.76. The number of carbonyl (C=O) groups is 2. The average Bonchev–Trinajstić information content (AvgIpc) is 2.36. The average molecular weight is 349 g/mol. The molecule has 1 aromatic rings. The summed E-state index contributed by atoms with van der Waals surface area (Å²) in [6, 6.07) is 2.93. The molecule has 0 saturated carbocycles. The molecule has 0 bridgehead atoms. The van der Waals surface area contributed by atoms with E-state index in [9.17, 15) is 18.4 Å². The number of alkyl halides is 2. The number of hydrogen-bond donors (Lipinski definition) is 1. The SMILES string of the molecule is CN(CC(F)F)C(=O)c1cc2c(cc1Br)NC(=O)CO2. The van der Waals surface area contributed by atoms with Gasteiger partial charge in [-0.1, -0.05) is 0 Å². The van der Waals surface area contributed by atoms with Gasteiger partial charge in [0.05, 0.1) is 17.8 Å². The molecule has 1 aliphatic heterocycles. The predicted molar refractivity (Wildman–Crippen MR) is 71.2 cm³/mol. The van der Waals surface area contributed by atoms with Gasteiger partial charge in [-0.15, -0.1) is 0 Å². The first kappa shape index (κ1) is 14.7. The van der Waals surface area contributed by atoms with Crippen molar-refractivity contribution in [2.24, 2.45) is 0 Å². The Balaban J connectivity index is 2.29. The third-order valence-electron chi connectivity index (χ3n) is 2.69. The summed E-state index contributed by atoms with van der Waals surface area (Å²) in [5.74, 6) is -0.514. The van der Waals surface area contributed by atoms with E-state index in [1.165, 1.54) is 19.2 Å². The Bertz CT molecular complexity index is 566. The van der Waals surface area contributed by atoms with Gasteiger partial charge in [0, 0.05) is 11.5 Å². The lowest BCUT2D eigenvalue weighted by Crippen LogP contribution is -2.32. The Morgan fingerprint density at radius 2 is 2.25 bits per heavy atom. The molecule has 1 heterocycles. The third-order valence-corrected chi connectivity index (χ3v) is 3.35. The number of rotatable bonds is 3. The molecule has 1 aliphatic rings. The zero-order valence-corrected chi connectivity index (χ0v) is 12.0. The monoisotopic (exact) mass is 348 g/mol. The van der Waals surface area contributed by atoms with E-state index in [2.05, 4.69) is 21.2 Å². The van der Waals surface area contributed by atoms with E-state index in [0.717, 1.165) is 4.90 Å². The summed E-state index contributed by atoms with van der Waals surface area (Å²) in [6.45, 7) is -0.797. The first-order valence-electron chi connectivity index (χ1n) is 5.68. The van der Waals surface area contributed by atoms with Gasteiger partial charge in [0.25, 0.3) is 18.2 Å². The highest BCUT2D eigenvalue weighted by molar-refractivity contribution is 9.10. The van der Waals surface area contributed by atoms with Crippen LogP contribution in [0.1, 0.15) is 10.4 Å². The maximum absolute atomic E-state index is 12.3. The maximum atomic E-state index is 12.3. The van der Waals surface area contributed by atoms with Crippen molar-refractivity contribution in [3.05, 3.63) is 22.2 Å². The summed E-state index contributed by atoms with van der Waals surface area (Å²) >= 11 is 3.19. The zero-order valence-electron chi connectivity index (χ0n) is 10.5. The summed E-state index contributed by atoms with van der Waals surface area (Å²) in [6.07, 6.45) is -2.60. The van der Waals surface area contributed by atoms with Gasteiger partial charge in [0.1, 0.15) is 5.75 Å². The number of halogens is 3. The second-order valence-electron chi connectivity index (χ2n) is 4.24. The van der Waals surface area contributed by atoms with Gasteiger partial charge in [0.15, 0.2) is 6.61 Å². The minimum atomic E-state index is -2.60. The molecule has 0 radical (unpaired) electrons. The molecule has 5 nitrogen and oxygen atoms in total. The van der Waals surface area contributed by atoms with E-state index in [-0.39, 0.29) is 18.1 Å². The summed E-state index contributed by atoms with van der Waals surface area (Å²) in [5, 5.41) is 2.59. The number of nitrogens with one attached hydrogen (secondary N) is 1. The number of benzene rings is 1. The van der Waals surface area contributed by atoms with Crippen molar-refractivity contribution >= 4 is 33.4 Å². The van der Waals surface area contributed by atoms with Gasteiger partial charge in [-0.25, -0.2) is 8.78 Å². The van der Waals surface area contributed by atoms with Crippen LogP contribution in [0, 0.1) is 0 Å². The Hall–Kier alpha value is -1.70. The van der Waals surface area contributed by atoms with E-state index in [1.54, 1.807) is 0 Å². The lowest BCUT2D eigenvalue weighted by atomic mass is 10.1. The summed E-state index contributed by atoms with van der Waals surface area (Å²) in [5.41, 5.74) is 0.629. The summed E-state index contributed by atoms with van der Waals surface area (Å²) in [4.78, 5) is 24.2. The van der Waals surface area contributed by atoms with Gasteiger partial charge in [-0.05, 0) is 28.1 Å². The van der Waals surface area contributed by atoms with Crippen LogP contribution >= 0.6 is 15.9 Å². The first-order chi connectivity index (χ1) is 9.38. The van der Waals surface area contributed by atoms with Gasteiger partial charge in [-0.3, -0.25) is 9.59 Å². The summed E-state index contributed by atoms with van der Waals surface area (Å²) in [7, 11) is 1.29. The molecular weight excluding hydrogens is 338 g/mol. The number of hydrogen-bond acceptors (Lipinski definition) is 3. The number of ether oxygens (including phenoxy) is 1. The van der Waals surface area contributed by atoms with E-state index >= 15 is 0 Å². The molecule has 20 heavy (non-hydrogen) atoms. The van der Waals surface area contributed by atoms with Crippen LogP contribution in [0.25, 0.3) is 0 Å². The van der Waals surface area contributed by atoms with E-state index in [4.69, 9.17) is 4.74 Å². The molecule has 0 unspecified atom stereocenters. The minimum Gasteiger partial charge on any atom is -0.482 e. The first-order valence-corrected chi connectivity index (χ1v) is 6.47. The molecule has 0 fully saturated rings. The minimum absolute atomic E-state index is 0.144. The smallest absolute Gasteiger partial charge is 0.262 e. The van der Waals surface area contributed by atoms with E-state index < -0.39 is 18.9 Å². The molecule has 0 aliphatic carbocycles. The molecule has 0 saturated heterocycles. The highest BCUT2D eigenvalue weighted by Crippen LogP contribution is 2.34. The van der Waals surface area contributed by atoms with Crippen LogP contribution in [0.3, 0.4) is 0 Å². The lowest BCUT2D eigenvalue weighted by molar-refractivity contribution is -0.118. The number of carbonyl (C=O) groups excluding carboxylic acids is 2. The van der Waals surface area contributed by atoms with Crippen LogP contribution in [0.5, 0.6) is 5.75 Å². The van der Waals surface area contributed by atoms with Gasteiger partial charge < -0.3 is 15.0 Å². The van der Waals surface area contributed by atoms with Crippen molar-refractivity contribution in [1.29, 1.82) is 0 Å². The molecule has 1 aromatic carbocycles. The fourth-order valence-corrected chi connectivity index (χ4v) is 2.27. The second-order valence-corrected chi connectivity index (χ2v) is 5.10. The predicted octanol–water partition coefficient (Wildman–Crippen LogP) is 2.12. The second kappa shape index (κ2) is 5.74. The summed E-state index contributed by atoms with van der Waals surface area (Å²) < 4.78 is 30.2. The molecule has 8 heteroatoms. The van der Waals surface area contributed by atoms with Crippen LogP contribution < -0.4 is 10.1 Å². The molecule has 0 spiro atoms. The third kappa shape index (κ3) is 3.06. The Morgan fingerprint density at radius 1 is 1.55 bits per heavy atom. The van der Waals surface area contributed by atoms with Crippen LogP contribution in [-0.4, -0.2) is 43.3 Å².